The van der Waals surface area contributed by atoms with Crippen LogP contribution in [0.2, 0.25) is 0 Å². The lowest BCUT2D eigenvalue weighted by atomic mass is 10.1. The average molecular weight is 392 g/mol. The van der Waals surface area contributed by atoms with Crippen LogP contribution in [0.15, 0.2) is 48.5 Å². The summed E-state index contributed by atoms with van der Waals surface area (Å²) in [4.78, 5) is 13.1. The second kappa shape index (κ2) is 8.52. The van der Waals surface area contributed by atoms with E-state index in [9.17, 15) is 4.79 Å². The Morgan fingerprint density at radius 2 is 1.72 bits per heavy atom. The van der Waals surface area contributed by atoms with Gasteiger partial charge >= 0.3 is 0 Å². The van der Waals surface area contributed by atoms with Gasteiger partial charge in [0.15, 0.2) is 0 Å². The Bertz CT molecular complexity index is 1000. The van der Waals surface area contributed by atoms with Crippen molar-refractivity contribution in [3.8, 4) is 22.7 Å². The third kappa shape index (κ3) is 4.50. The molecule has 0 bridgehead atoms. The summed E-state index contributed by atoms with van der Waals surface area (Å²) in [6.45, 7) is 10.3. The number of methoxy groups -OCH3 is 1. The van der Waals surface area contributed by atoms with Crippen LogP contribution in [0.1, 0.15) is 42.4 Å². The lowest BCUT2D eigenvalue weighted by Crippen LogP contribution is -2.37. The number of amides is 1. The zero-order chi connectivity index (χ0) is 21.1. The number of carbonyl (C=O) groups excluding carboxylic acids is 1. The van der Waals surface area contributed by atoms with E-state index in [-0.39, 0.29) is 11.9 Å². The first-order valence-electron chi connectivity index (χ1n) is 9.93. The van der Waals surface area contributed by atoms with Gasteiger partial charge in [-0.15, -0.1) is 0 Å². The molecule has 1 atom stereocenters. The van der Waals surface area contributed by atoms with Crippen molar-refractivity contribution in [2.24, 2.45) is 5.92 Å². The SMILES string of the molecule is COc1ccc(-c2cc(C(=O)NC(C)C(C)C)n(-c3cc(C)ccc3C)n2)cc1. The van der Waals surface area contributed by atoms with Crippen LogP contribution in [0, 0.1) is 19.8 Å². The van der Waals surface area contributed by atoms with E-state index >= 15 is 0 Å². The second-order valence-corrected chi connectivity index (χ2v) is 7.85. The number of hydrogen-bond donors (Lipinski definition) is 1. The quantitative estimate of drug-likeness (QED) is 0.648. The Labute approximate surface area is 172 Å². The van der Waals surface area contributed by atoms with E-state index in [1.54, 1.807) is 11.8 Å². The lowest BCUT2D eigenvalue weighted by Gasteiger charge is -2.18. The molecule has 0 saturated carbocycles. The maximum absolute atomic E-state index is 13.1. The molecule has 5 heteroatoms. The van der Waals surface area contributed by atoms with Crippen LogP contribution in [0.5, 0.6) is 5.75 Å². The third-order valence-corrected chi connectivity index (χ3v) is 5.28. The Hall–Kier alpha value is -3.08. The molecular formula is C24H29N3O2. The second-order valence-electron chi connectivity index (χ2n) is 7.85. The number of ether oxygens (including phenoxy) is 1. The zero-order valence-electron chi connectivity index (χ0n) is 18.0. The minimum absolute atomic E-state index is 0.0638. The van der Waals surface area contributed by atoms with Gasteiger partial charge in [-0.3, -0.25) is 4.79 Å². The minimum Gasteiger partial charge on any atom is -0.497 e. The van der Waals surface area contributed by atoms with E-state index in [0.717, 1.165) is 33.8 Å². The van der Waals surface area contributed by atoms with E-state index in [0.29, 0.717) is 11.6 Å². The topological polar surface area (TPSA) is 56.1 Å². The van der Waals surface area contributed by atoms with Crippen molar-refractivity contribution in [1.82, 2.24) is 15.1 Å². The predicted molar refractivity (Wildman–Crippen MR) is 117 cm³/mol. The maximum Gasteiger partial charge on any atom is 0.270 e. The highest BCUT2D eigenvalue weighted by Crippen LogP contribution is 2.26. The summed E-state index contributed by atoms with van der Waals surface area (Å²) in [5.41, 5.74) is 5.29. The van der Waals surface area contributed by atoms with Crippen LogP contribution in [-0.4, -0.2) is 28.8 Å². The van der Waals surface area contributed by atoms with Crippen LogP contribution in [-0.2, 0) is 0 Å². The fourth-order valence-corrected chi connectivity index (χ4v) is 3.02. The average Bonchev–Trinajstić information content (AvgIpc) is 3.15. The van der Waals surface area contributed by atoms with Crippen molar-refractivity contribution >= 4 is 5.91 Å². The summed E-state index contributed by atoms with van der Waals surface area (Å²) in [7, 11) is 1.64. The third-order valence-electron chi connectivity index (χ3n) is 5.28. The Kier molecular flexibility index (Phi) is 6.06. The molecule has 1 unspecified atom stereocenters. The van der Waals surface area contributed by atoms with Gasteiger partial charge in [-0.1, -0.05) is 26.0 Å². The fraction of sp³-hybridized carbons (Fsp3) is 0.333. The van der Waals surface area contributed by atoms with Crippen LogP contribution in [0.3, 0.4) is 0 Å². The van der Waals surface area contributed by atoms with Crippen molar-refractivity contribution in [3.63, 3.8) is 0 Å². The van der Waals surface area contributed by atoms with Gasteiger partial charge in [0.05, 0.1) is 18.5 Å². The number of aryl methyl sites for hydroxylation is 2. The molecule has 2 aromatic carbocycles. The largest absolute Gasteiger partial charge is 0.497 e. The van der Waals surface area contributed by atoms with Crippen molar-refractivity contribution in [1.29, 1.82) is 0 Å². The van der Waals surface area contributed by atoms with Crippen molar-refractivity contribution in [2.75, 3.05) is 7.11 Å². The molecule has 0 aliphatic heterocycles. The highest BCUT2D eigenvalue weighted by atomic mass is 16.5. The summed E-state index contributed by atoms with van der Waals surface area (Å²) in [5, 5.41) is 7.90. The van der Waals surface area contributed by atoms with Gasteiger partial charge in [-0.2, -0.15) is 5.10 Å². The number of hydrogen-bond acceptors (Lipinski definition) is 3. The van der Waals surface area contributed by atoms with E-state index in [2.05, 4.69) is 37.4 Å². The van der Waals surface area contributed by atoms with Crippen molar-refractivity contribution in [3.05, 3.63) is 65.4 Å². The van der Waals surface area contributed by atoms with Gasteiger partial charge in [0, 0.05) is 11.6 Å². The molecule has 152 valence electrons. The molecule has 0 aliphatic carbocycles. The number of nitrogens with zero attached hydrogens (tertiary/aromatic N) is 2. The minimum atomic E-state index is -0.126. The van der Waals surface area contributed by atoms with Gasteiger partial charge in [0.1, 0.15) is 11.4 Å². The molecule has 29 heavy (non-hydrogen) atoms. The first kappa shape index (κ1) is 20.6. The molecule has 3 rings (SSSR count). The first-order valence-corrected chi connectivity index (χ1v) is 9.93. The summed E-state index contributed by atoms with van der Waals surface area (Å²) < 4.78 is 7.00. The Balaban J connectivity index is 2.10. The maximum atomic E-state index is 13.1. The molecule has 1 aromatic heterocycles. The van der Waals surface area contributed by atoms with Gasteiger partial charge in [-0.05, 0) is 74.2 Å². The smallest absolute Gasteiger partial charge is 0.270 e. The summed E-state index contributed by atoms with van der Waals surface area (Å²) in [6.07, 6.45) is 0. The summed E-state index contributed by atoms with van der Waals surface area (Å²) in [5.74, 6) is 1.00. The molecule has 0 radical (unpaired) electrons. The van der Waals surface area contributed by atoms with E-state index in [4.69, 9.17) is 9.84 Å². The van der Waals surface area contributed by atoms with E-state index in [1.807, 2.05) is 51.1 Å². The summed E-state index contributed by atoms with van der Waals surface area (Å²) >= 11 is 0. The highest BCUT2D eigenvalue weighted by Gasteiger charge is 2.21. The molecule has 0 spiro atoms. The first-order chi connectivity index (χ1) is 13.8. The molecular weight excluding hydrogens is 362 g/mol. The number of carbonyl (C=O) groups is 1. The van der Waals surface area contributed by atoms with Crippen molar-refractivity contribution in [2.45, 2.75) is 40.7 Å². The monoisotopic (exact) mass is 391 g/mol. The molecule has 1 heterocycles. The number of benzene rings is 2. The molecule has 0 aliphatic rings. The lowest BCUT2D eigenvalue weighted by molar-refractivity contribution is 0.0922. The molecule has 5 nitrogen and oxygen atoms in total. The number of rotatable bonds is 6. The Morgan fingerprint density at radius 3 is 2.34 bits per heavy atom. The van der Waals surface area contributed by atoms with Crippen LogP contribution >= 0.6 is 0 Å². The molecule has 3 aromatic rings. The molecule has 1 amide bonds. The van der Waals surface area contributed by atoms with E-state index < -0.39 is 0 Å². The normalized spacial score (nSPS) is 12.1. The van der Waals surface area contributed by atoms with Gasteiger partial charge in [-0.25, -0.2) is 4.68 Å². The summed E-state index contributed by atoms with van der Waals surface area (Å²) in [6, 6.07) is 15.8. The highest BCUT2D eigenvalue weighted by molar-refractivity contribution is 5.94. The van der Waals surface area contributed by atoms with Crippen molar-refractivity contribution < 1.29 is 9.53 Å². The number of aromatic nitrogens is 2. The standard InChI is InChI=1S/C24H29N3O2/c1-15(2)18(5)25-24(28)23-14-21(19-9-11-20(29-6)12-10-19)26-27(23)22-13-16(3)7-8-17(22)4/h7-15,18H,1-6H3,(H,25,28). The van der Waals surface area contributed by atoms with Gasteiger partial charge < -0.3 is 10.1 Å². The fourth-order valence-electron chi connectivity index (χ4n) is 3.02. The van der Waals surface area contributed by atoms with Crippen LogP contribution in [0.4, 0.5) is 0 Å². The molecule has 0 saturated heterocycles. The zero-order valence-corrected chi connectivity index (χ0v) is 18.0. The number of nitrogens with one attached hydrogen (secondary N) is 1. The van der Waals surface area contributed by atoms with Gasteiger partial charge in [0.25, 0.3) is 5.91 Å². The Morgan fingerprint density at radius 1 is 1.03 bits per heavy atom. The van der Waals surface area contributed by atoms with Crippen LogP contribution in [0.25, 0.3) is 16.9 Å². The van der Waals surface area contributed by atoms with E-state index in [1.165, 1.54) is 0 Å². The van der Waals surface area contributed by atoms with Crippen LogP contribution < -0.4 is 10.1 Å². The predicted octanol–water partition coefficient (Wildman–Crippen LogP) is 4.94. The molecule has 0 fully saturated rings. The molecule has 1 N–H and O–H groups in total. The van der Waals surface area contributed by atoms with Gasteiger partial charge in [0.2, 0.25) is 0 Å².